The summed E-state index contributed by atoms with van der Waals surface area (Å²) >= 11 is 1.62. The van der Waals surface area contributed by atoms with Gasteiger partial charge in [0, 0.05) is 23.9 Å². The van der Waals surface area contributed by atoms with E-state index in [1.165, 1.54) is 16.9 Å². The predicted octanol–water partition coefficient (Wildman–Crippen LogP) is 3.39. The summed E-state index contributed by atoms with van der Waals surface area (Å²) in [7, 11) is 0. The number of thiophene rings is 1. The number of hydrogen-bond donors (Lipinski definition) is 1. The highest BCUT2D eigenvalue weighted by molar-refractivity contribution is 7.14. The highest BCUT2D eigenvalue weighted by atomic mass is 32.1. The lowest BCUT2D eigenvalue weighted by Gasteiger charge is -2.47. The monoisotopic (exact) mass is 307 g/mol. The number of fused-ring (bicyclic) bond motifs is 1. The molecule has 0 bridgehead atoms. The van der Waals surface area contributed by atoms with Gasteiger partial charge in [-0.3, -0.25) is 4.79 Å². The van der Waals surface area contributed by atoms with Gasteiger partial charge < -0.3 is 10.0 Å². The minimum Gasteiger partial charge on any atom is -0.389 e. The van der Waals surface area contributed by atoms with Gasteiger partial charge in [0.05, 0.1) is 10.5 Å². The molecule has 0 spiro atoms. The lowest BCUT2D eigenvalue weighted by atomic mass is 9.71. The zero-order valence-electron chi connectivity index (χ0n) is 13.0. The van der Waals surface area contributed by atoms with Crippen molar-refractivity contribution in [2.45, 2.75) is 58.0 Å². The molecule has 0 radical (unpaired) electrons. The van der Waals surface area contributed by atoms with Gasteiger partial charge in [0.1, 0.15) is 0 Å². The van der Waals surface area contributed by atoms with Crippen LogP contribution in [0.4, 0.5) is 0 Å². The highest BCUT2D eigenvalue weighted by Gasteiger charge is 2.43. The fourth-order valence-electron chi connectivity index (χ4n) is 3.89. The molecular formula is C17H25NO2S. The first kappa shape index (κ1) is 15.0. The van der Waals surface area contributed by atoms with Crippen molar-refractivity contribution < 1.29 is 9.90 Å². The lowest BCUT2D eigenvalue weighted by molar-refractivity contribution is -0.0885. The Bertz CT molecular complexity index is 539. The molecule has 1 aliphatic carbocycles. The van der Waals surface area contributed by atoms with Crippen LogP contribution >= 0.6 is 11.3 Å². The molecule has 1 saturated carbocycles. The quantitative estimate of drug-likeness (QED) is 0.910. The zero-order valence-corrected chi connectivity index (χ0v) is 13.8. The molecule has 1 aliphatic heterocycles. The van der Waals surface area contributed by atoms with Crippen LogP contribution in [0.3, 0.4) is 0 Å². The third-order valence-corrected chi connectivity index (χ3v) is 6.41. The van der Waals surface area contributed by atoms with Crippen molar-refractivity contribution in [3.05, 3.63) is 21.4 Å². The number of nitrogens with zero attached hydrogens (tertiary/aromatic N) is 1. The van der Waals surface area contributed by atoms with Gasteiger partial charge in [-0.25, -0.2) is 0 Å². The zero-order chi connectivity index (χ0) is 15.0. The molecule has 2 aliphatic rings. The van der Waals surface area contributed by atoms with Crippen LogP contribution in [0.2, 0.25) is 0 Å². The van der Waals surface area contributed by atoms with Crippen molar-refractivity contribution >= 4 is 17.2 Å². The Morgan fingerprint density at radius 2 is 2.29 bits per heavy atom. The number of aryl methyl sites for hydroxylation is 2. The number of likely N-dealkylation sites (tertiary alicyclic amines) is 1. The van der Waals surface area contributed by atoms with E-state index in [9.17, 15) is 9.90 Å². The number of amides is 1. The van der Waals surface area contributed by atoms with E-state index in [4.69, 9.17) is 0 Å². The molecule has 3 rings (SSSR count). The minimum atomic E-state index is -0.505. The van der Waals surface area contributed by atoms with Gasteiger partial charge in [0.15, 0.2) is 0 Å². The lowest BCUT2D eigenvalue weighted by Crippen LogP contribution is -2.54. The van der Waals surface area contributed by atoms with Crippen molar-refractivity contribution in [1.29, 1.82) is 0 Å². The number of carbonyl (C=O) groups is 1. The molecule has 116 valence electrons. The van der Waals surface area contributed by atoms with Crippen molar-refractivity contribution in [3.8, 4) is 0 Å². The summed E-state index contributed by atoms with van der Waals surface area (Å²) in [6, 6.07) is 2.06. The Hall–Kier alpha value is -0.870. The van der Waals surface area contributed by atoms with Crippen LogP contribution < -0.4 is 0 Å². The maximum atomic E-state index is 12.7. The van der Waals surface area contributed by atoms with E-state index in [0.29, 0.717) is 6.54 Å². The number of carbonyl (C=O) groups excluding carboxylic acids is 1. The second-order valence-corrected chi connectivity index (χ2v) is 7.85. The summed E-state index contributed by atoms with van der Waals surface area (Å²) in [4.78, 5) is 16.8. The molecule has 1 amide bonds. The number of piperidine rings is 1. The van der Waals surface area contributed by atoms with E-state index in [2.05, 4.69) is 19.9 Å². The predicted molar refractivity (Wildman–Crippen MR) is 85.9 cm³/mol. The van der Waals surface area contributed by atoms with Gasteiger partial charge >= 0.3 is 0 Å². The van der Waals surface area contributed by atoms with Crippen LogP contribution in [0, 0.1) is 12.8 Å². The number of hydrogen-bond acceptors (Lipinski definition) is 3. The summed E-state index contributed by atoms with van der Waals surface area (Å²) in [6.07, 6.45) is 6.02. The minimum absolute atomic E-state index is 0.162. The third-order valence-electron chi connectivity index (χ3n) is 5.33. The molecule has 1 aromatic heterocycles. The summed E-state index contributed by atoms with van der Waals surface area (Å²) < 4.78 is 0. The Labute approximate surface area is 131 Å². The van der Waals surface area contributed by atoms with E-state index in [-0.39, 0.29) is 11.8 Å². The van der Waals surface area contributed by atoms with Gasteiger partial charge in [-0.1, -0.05) is 19.8 Å². The molecule has 2 unspecified atom stereocenters. The van der Waals surface area contributed by atoms with E-state index < -0.39 is 5.60 Å². The largest absolute Gasteiger partial charge is 0.389 e. The molecule has 2 atom stereocenters. The van der Waals surface area contributed by atoms with Crippen LogP contribution in [0.5, 0.6) is 0 Å². The van der Waals surface area contributed by atoms with Crippen molar-refractivity contribution in [3.63, 3.8) is 0 Å². The van der Waals surface area contributed by atoms with Crippen LogP contribution in [-0.4, -0.2) is 34.6 Å². The molecule has 21 heavy (non-hydrogen) atoms. The molecule has 4 heteroatoms. The number of aliphatic hydroxyl groups is 1. The topological polar surface area (TPSA) is 40.5 Å². The van der Waals surface area contributed by atoms with E-state index >= 15 is 0 Å². The fourth-order valence-corrected chi connectivity index (χ4v) is 4.97. The molecule has 1 saturated heterocycles. The van der Waals surface area contributed by atoms with Crippen LogP contribution in [0.25, 0.3) is 0 Å². The normalized spacial score (nSPS) is 29.3. The SMILES string of the molecule is CCc1cc(C(=O)N2CCC3(O)CCCCC3C2)sc1C. The van der Waals surface area contributed by atoms with E-state index in [0.717, 1.165) is 43.5 Å². The first-order valence-electron chi connectivity index (χ1n) is 8.14. The van der Waals surface area contributed by atoms with Crippen LogP contribution in [-0.2, 0) is 6.42 Å². The molecule has 3 nitrogen and oxygen atoms in total. The van der Waals surface area contributed by atoms with Crippen molar-refractivity contribution in [1.82, 2.24) is 4.90 Å². The smallest absolute Gasteiger partial charge is 0.263 e. The van der Waals surface area contributed by atoms with E-state index in [1.807, 2.05) is 4.90 Å². The maximum absolute atomic E-state index is 12.7. The van der Waals surface area contributed by atoms with Gasteiger partial charge in [-0.2, -0.15) is 0 Å². The summed E-state index contributed by atoms with van der Waals surface area (Å²) in [5.41, 5.74) is 0.782. The molecule has 2 fully saturated rings. The first-order chi connectivity index (χ1) is 10.0. The van der Waals surface area contributed by atoms with Gasteiger partial charge in [0.25, 0.3) is 5.91 Å². The third kappa shape index (κ3) is 2.76. The second-order valence-electron chi connectivity index (χ2n) is 6.59. The van der Waals surface area contributed by atoms with Gasteiger partial charge in [0.2, 0.25) is 0 Å². The maximum Gasteiger partial charge on any atom is 0.263 e. The first-order valence-corrected chi connectivity index (χ1v) is 8.96. The number of rotatable bonds is 2. The van der Waals surface area contributed by atoms with Crippen molar-refractivity contribution in [2.75, 3.05) is 13.1 Å². The Kier molecular flexibility index (Phi) is 4.10. The van der Waals surface area contributed by atoms with Crippen molar-refractivity contribution in [2.24, 2.45) is 5.92 Å². The molecule has 1 aromatic rings. The molecule has 1 N–H and O–H groups in total. The molecular weight excluding hydrogens is 282 g/mol. The fraction of sp³-hybridized carbons (Fsp3) is 0.706. The van der Waals surface area contributed by atoms with Crippen LogP contribution in [0.1, 0.15) is 59.1 Å². The van der Waals surface area contributed by atoms with Crippen LogP contribution in [0.15, 0.2) is 6.07 Å². The summed E-state index contributed by atoms with van der Waals surface area (Å²) in [5.74, 6) is 0.436. The van der Waals surface area contributed by atoms with E-state index in [1.54, 1.807) is 11.3 Å². The van der Waals surface area contributed by atoms with Gasteiger partial charge in [-0.05, 0) is 44.2 Å². The Morgan fingerprint density at radius 3 is 3.00 bits per heavy atom. The summed E-state index contributed by atoms with van der Waals surface area (Å²) in [6.45, 7) is 5.65. The van der Waals surface area contributed by atoms with Gasteiger partial charge in [-0.15, -0.1) is 11.3 Å². The average Bonchev–Trinajstić information content (AvgIpc) is 2.86. The average molecular weight is 307 g/mol. The Morgan fingerprint density at radius 1 is 1.48 bits per heavy atom. The standard InChI is InChI=1S/C17H25NO2S/c1-3-13-10-15(21-12(13)2)16(19)18-9-8-17(20)7-5-4-6-14(17)11-18/h10,14,20H,3-9,11H2,1-2H3. The second kappa shape index (κ2) is 5.73. The Balaban J connectivity index is 1.74. The molecule has 2 heterocycles. The molecule has 0 aromatic carbocycles. The summed E-state index contributed by atoms with van der Waals surface area (Å²) in [5, 5.41) is 10.7. The highest BCUT2D eigenvalue weighted by Crippen LogP contribution is 2.40.